The second-order valence-corrected chi connectivity index (χ2v) is 7.94. The molecular weight excluding hydrogens is 398 g/mol. The van der Waals surface area contributed by atoms with Gasteiger partial charge >= 0.3 is 0 Å². The number of fused-ring (bicyclic) bond motifs is 1. The fraction of sp³-hybridized carbons (Fsp3) is 0.115. The molecule has 158 valence electrons. The van der Waals surface area contributed by atoms with Crippen LogP contribution in [-0.4, -0.2) is 15.9 Å². The van der Waals surface area contributed by atoms with E-state index in [1.807, 2.05) is 73.3 Å². The molecule has 0 saturated carbocycles. The normalized spacial score (nSPS) is 12.6. The summed E-state index contributed by atoms with van der Waals surface area (Å²) in [6, 6.07) is 19.8. The van der Waals surface area contributed by atoms with Gasteiger partial charge in [-0.15, -0.1) is 0 Å². The van der Waals surface area contributed by atoms with E-state index in [1.165, 1.54) is 0 Å². The van der Waals surface area contributed by atoms with Crippen LogP contribution >= 0.6 is 0 Å². The number of nitrogens with one attached hydrogen (secondary N) is 2. The van der Waals surface area contributed by atoms with Gasteiger partial charge in [0.1, 0.15) is 0 Å². The molecule has 5 rings (SSSR count). The molecule has 0 bridgehead atoms. The number of hydrogen-bond donors (Lipinski definition) is 2. The minimum atomic E-state index is 0.0323. The smallest absolute Gasteiger partial charge is 0.259 e. The van der Waals surface area contributed by atoms with E-state index in [4.69, 9.17) is 0 Å². The van der Waals surface area contributed by atoms with Crippen LogP contribution in [-0.2, 0) is 6.54 Å². The zero-order chi connectivity index (χ0) is 22.1. The number of hydrogen-bond acceptors (Lipinski definition) is 5. The molecule has 1 aliphatic rings. The molecule has 1 amide bonds. The number of aryl methyl sites for hydroxylation is 2. The van der Waals surface area contributed by atoms with Gasteiger partial charge in [0.25, 0.3) is 5.91 Å². The molecule has 0 radical (unpaired) electrons. The molecule has 1 aliphatic heterocycles. The van der Waals surface area contributed by atoms with Crippen LogP contribution in [0.5, 0.6) is 0 Å². The van der Waals surface area contributed by atoms with Gasteiger partial charge in [0, 0.05) is 58.3 Å². The molecule has 6 heteroatoms. The quantitative estimate of drug-likeness (QED) is 0.430. The summed E-state index contributed by atoms with van der Waals surface area (Å²) in [4.78, 5) is 23.4. The third-order valence-electron chi connectivity index (χ3n) is 5.52. The highest BCUT2D eigenvalue weighted by Crippen LogP contribution is 2.34. The van der Waals surface area contributed by atoms with Crippen LogP contribution in [0, 0.1) is 13.8 Å². The average Bonchev–Trinajstić information content (AvgIpc) is 3.11. The van der Waals surface area contributed by atoms with E-state index < -0.39 is 0 Å². The molecule has 2 aromatic heterocycles. The van der Waals surface area contributed by atoms with Crippen molar-refractivity contribution in [2.75, 3.05) is 15.5 Å². The van der Waals surface area contributed by atoms with Gasteiger partial charge in [-0.1, -0.05) is 6.07 Å². The van der Waals surface area contributed by atoms with Gasteiger partial charge in [-0.05, 0) is 79.6 Å². The topological polar surface area (TPSA) is 70.2 Å². The Balaban J connectivity index is 1.40. The van der Waals surface area contributed by atoms with Gasteiger partial charge in [0.2, 0.25) is 0 Å². The second kappa shape index (κ2) is 8.15. The largest absolute Gasteiger partial charge is 0.355 e. The summed E-state index contributed by atoms with van der Waals surface area (Å²) in [6.45, 7) is 4.50. The molecule has 0 fully saturated rings. The SMILES string of the molecule is Cc1cc(Nc2cc(C)c3c(c2)CN(c2cccc(Nc4ccncc4)c2)C3=O)ccn1. The van der Waals surface area contributed by atoms with Gasteiger partial charge in [-0.25, -0.2) is 0 Å². The first-order valence-corrected chi connectivity index (χ1v) is 10.5. The van der Waals surface area contributed by atoms with Crippen LogP contribution in [0.4, 0.5) is 28.4 Å². The van der Waals surface area contributed by atoms with Gasteiger partial charge in [-0.3, -0.25) is 14.8 Å². The van der Waals surface area contributed by atoms with E-state index in [0.29, 0.717) is 6.54 Å². The molecule has 2 N–H and O–H groups in total. The minimum Gasteiger partial charge on any atom is -0.355 e. The Hall–Kier alpha value is -4.19. The third kappa shape index (κ3) is 3.90. The highest BCUT2D eigenvalue weighted by molar-refractivity contribution is 6.11. The number of carbonyl (C=O) groups excluding carboxylic acids is 1. The van der Waals surface area contributed by atoms with Crippen molar-refractivity contribution in [1.29, 1.82) is 0 Å². The van der Waals surface area contributed by atoms with E-state index in [2.05, 4.69) is 26.7 Å². The van der Waals surface area contributed by atoms with Crippen molar-refractivity contribution < 1.29 is 4.79 Å². The average molecular weight is 422 g/mol. The first-order chi connectivity index (χ1) is 15.6. The van der Waals surface area contributed by atoms with E-state index >= 15 is 0 Å². The molecule has 0 unspecified atom stereocenters. The highest BCUT2D eigenvalue weighted by Gasteiger charge is 2.30. The van der Waals surface area contributed by atoms with Crippen LogP contribution in [0.3, 0.4) is 0 Å². The fourth-order valence-electron chi connectivity index (χ4n) is 4.09. The van der Waals surface area contributed by atoms with Gasteiger partial charge in [0.05, 0.1) is 6.54 Å². The maximum atomic E-state index is 13.3. The minimum absolute atomic E-state index is 0.0323. The summed E-state index contributed by atoms with van der Waals surface area (Å²) < 4.78 is 0. The summed E-state index contributed by atoms with van der Waals surface area (Å²) >= 11 is 0. The number of anilines is 5. The predicted octanol–water partition coefficient (Wildman–Crippen LogP) is 5.74. The lowest BCUT2D eigenvalue weighted by molar-refractivity contribution is 0.0996. The molecule has 32 heavy (non-hydrogen) atoms. The standard InChI is InChI=1S/C26H23N5O/c1-17-12-23(30-22-8-11-28-18(2)13-22)14-19-16-31(26(32)25(17)19)24-5-3-4-21(15-24)29-20-6-9-27-10-7-20/h3-15H,16H2,1-2H3,(H,27,29)(H,28,30). The maximum absolute atomic E-state index is 13.3. The number of benzene rings is 2. The van der Waals surface area contributed by atoms with Crippen molar-refractivity contribution in [3.05, 3.63) is 102 Å². The second-order valence-electron chi connectivity index (χ2n) is 7.94. The van der Waals surface area contributed by atoms with E-state index in [9.17, 15) is 4.79 Å². The lowest BCUT2D eigenvalue weighted by Crippen LogP contribution is -2.23. The fourth-order valence-corrected chi connectivity index (χ4v) is 4.09. The summed E-state index contributed by atoms with van der Waals surface area (Å²) in [5.41, 5.74) is 8.41. The Kier molecular flexibility index (Phi) is 5.03. The molecule has 0 saturated heterocycles. The van der Waals surface area contributed by atoms with Gasteiger partial charge in [0.15, 0.2) is 0 Å². The summed E-state index contributed by atoms with van der Waals surface area (Å²) in [5.74, 6) is 0.0323. The molecular formula is C26H23N5O. The summed E-state index contributed by atoms with van der Waals surface area (Å²) in [7, 11) is 0. The zero-order valence-electron chi connectivity index (χ0n) is 18.0. The number of carbonyl (C=O) groups is 1. The predicted molar refractivity (Wildman–Crippen MR) is 128 cm³/mol. The van der Waals surface area contributed by atoms with Crippen molar-refractivity contribution in [2.24, 2.45) is 0 Å². The molecule has 0 atom stereocenters. The number of nitrogens with zero attached hydrogens (tertiary/aromatic N) is 3. The third-order valence-corrected chi connectivity index (χ3v) is 5.52. The van der Waals surface area contributed by atoms with E-state index in [-0.39, 0.29) is 5.91 Å². The number of pyridine rings is 2. The molecule has 0 spiro atoms. The molecule has 0 aliphatic carbocycles. The lowest BCUT2D eigenvalue weighted by Gasteiger charge is -2.17. The Morgan fingerprint density at radius 1 is 0.812 bits per heavy atom. The van der Waals surface area contributed by atoms with E-state index in [1.54, 1.807) is 18.6 Å². The zero-order valence-corrected chi connectivity index (χ0v) is 18.0. The van der Waals surface area contributed by atoms with Crippen molar-refractivity contribution >= 4 is 34.3 Å². The molecule has 6 nitrogen and oxygen atoms in total. The molecule has 3 heterocycles. The number of aromatic nitrogens is 2. The van der Waals surface area contributed by atoms with Crippen LogP contribution < -0.4 is 15.5 Å². The number of rotatable bonds is 5. The Morgan fingerprint density at radius 3 is 2.38 bits per heavy atom. The van der Waals surface area contributed by atoms with Crippen LogP contribution in [0.25, 0.3) is 0 Å². The summed E-state index contributed by atoms with van der Waals surface area (Å²) in [5, 5.41) is 6.80. The Morgan fingerprint density at radius 2 is 1.56 bits per heavy atom. The molecule has 4 aromatic rings. The van der Waals surface area contributed by atoms with Crippen molar-refractivity contribution in [2.45, 2.75) is 20.4 Å². The summed E-state index contributed by atoms with van der Waals surface area (Å²) in [6.07, 6.45) is 5.28. The van der Waals surface area contributed by atoms with Crippen LogP contribution in [0.15, 0.2) is 79.3 Å². The van der Waals surface area contributed by atoms with Crippen LogP contribution in [0.1, 0.15) is 27.2 Å². The lowest BCUT2D eigenvalue weighted by atomic mass is 10.0. The molecule has 2 aromatic carbocycles. The Bertz CT molecular complexity index is 1300. The first kappa shape index (κ1) is 19.8. The monoisotopic (exact) mass is 421 g/mol. The highest BCUT2D eigenvalue weighted by atomic mass is 16.2. The van der Waals surface area contributed by atoms with Crippen LogP contribution in [0.2, 0.25) is 0 Å². The van der Waals surface area contributed by atoms with Crippen molar-refractivity contribution in [3.8, 4) is 0 Å². The van der Waals surface area contributed by atoms with Gasteiger partial charge < -0.3 is 15.5 Å². The maximum Gasteiger partial charge on any atom is 0.259 e. The van der Waals surface area contributed by atoms with Crippen molar-refractivity contribution in [1.82, 2.24) is 9.97 Å². The van der Waals surface area contributed by atoms with E-state index in [0.717, 1.165) is 50.8 Å². The Labute approximate surface area is 187 Å². The van der Waals surface area contributed by atoms with Gasteiger partial charge in [-0.2, -0.15) is 0 Å². The first-order valence-electron chi connectivity index (χ1n) is 10.5. The number of amides is 1. The van der Waals surface area contributed by atoms with Crippen molar-refractivity contribution in [3.63, 3.8) is 0 Å².